The van der Waals surface area contributed by atoms with Crippen molar-refractivity contribution in [1.29, 1.82) is 10.5 Å². The number of carbonyl (C=O) groups excluding carboxylic acids is 1. The van der Waals surface area contributed by atoms with Gasteiger partial charge in [0.1, 0.15) is 18.4 Å². The average Bonchev–Trinajstić information content (AvgIpc) is 2.34. The summed E-state index contributed by atoms with van der Waals surface area (Å²) in [5.74, 6) is -0.0684. The molecule has 0 saturated carbocycles. The minimum absolute atomic E-state index is 0.0619. The van der Waals surface area contributed by atoms with E-state index in [0.29, 0.717) is 11.3 Å². The highest BCUT2D eigenvalue weighted by molar-refractivity contribution is 9.10. The van der Waals surface area contributed by atoms with Crippen LogP contribution in [0.3, 0.4) is 0 Å². The first-order valence-electron chi connectivity index (χ1n) is 4.63. The molecular weight excluding hydrogens is 286 g/mol. The summed E-state index contributed by atoms with van der Waals surface area (Å²) in [7, 11) is 0. The van der Waals surface area contributed by atoms with Gasteiger partial charge in [0.2, 0.25) is 0 Å². The van der Waals surface area contributed by atoms with E-state index in [0.717, 1.165) is 4.47 Å². The van der Waals surface area contributed by atoms with Gasteiger partial charge < -0.3 is 10.1 Å². The Morgan fingerprint density at radius 3 is 2.88 bits per heavy atom. The Labute approximate surface area is 107 Å². The summed E-state index contributed by atoms with van der Waals surface area (Å²) in [6.45, 7) is -0.286. The van der Waals surface area contributed by atoms with Crippen LogP contribution in [0, 0.1) is 22.7 Å². The third kappa shape index (κ3) is 4.13. The molecule has 0 spiro atoms. The standard InChI is InChI=1S/C11H8BrN3O2/c12-9-1-2-10(8(5-9)6-14)17-7-11(16)15-4-3-13/h1-2,5H,4,7H2,(H,15,16). The molecule has 1 aromatic rings. The lowest BCUT2D eigenvalue weighted by Crippen LogP contribution is -2.29. The van der Waals surface area contributed by atoms with Crippen molar-refractivity contribution in [3.63, 3.8) is 0 Å². The molecule has 0 aromatic heterocycles. The SMILES string of the molecule is N#CCNC(=O)COc1ccc(Br)cc1C#N. The van der Waals surface area contributed by atoms with E-state index < -0.39 is 5.91 Å². The molecule has 0 fully saturated rings. The van der Waals surface area contributed by atoms with Crippen molar-refractivity contribution in [2.24, 2.45) is 0 Å². The second kappa shape index (κ2) is 6.51. The van der Waals surface area contributed by atoms with Crippen LogP contribution in [0.15, 0.2) is 22.7 Å². The summed E-state index contributed by atoms with van der Waals surface area (Å²) in [5, 5.41) is 19.4. The fraction of sp³-hybridized carbons (Fsp3) is 0.182. The number of hydrogen-bond acceptors (Lipinski definition) is 4. The van der Waals surface area contributed by atoms with E-state index >= 15 is 0 Å². The van der Waals surface area contributed by atoms with Crippen LogP contribution in [0.2, 0.25) is 0 Å². The summed E-state index contributed by atoms with van der Waals surface area (Å²) >= 11 is 3.23. The molecule has 0 saturated heterocycles. The lowest BCUT2D eigenvalue weighted by atomic mass is 10.2. The molecule has 0 bridgehead atoms. The van der Waals surface area contributed by atoms with Gasteiger partial charge in [0.25, 0.3) is 5.91 Å². The minimum atomic E-state index is -0.404. The van der Waals surface area contributed by atoms with Crippen LogP contribution in [0.5, 0.6) is 5.75 Å². The van der Waals surface area contributed by atoms with Crippen LogP contribution >= 0.6 is 15.9 Å². The molecule has 17 heavy (non-hydrogen) atoms. The van der Waals surface area contributed by atoms with Gasteiger partial charge in [-0.25, -0.2) is 0 Å². The molecule has 0 heterocycles. The highest BCUT2D eigenvalue weighted by atomic mass is 79.9. The topological polar surface area (TPSA) is 85.9 Å². The van der Waals surface area contributed by atoms with Crippen molar-refractivity contribution in [3.8, 4) is 17.9 Å². The quantitative estimate of drug-likeness (QED) is 0.849. The number of carbonyl (C=O) groups is 1. The molecule has 1 amide bonds. The molecule has 0 atom stereocenters. The number of hydrogen-bond donors (Lipinski definition) is 1. The highest BCUT2D eigenvalue weighted by Gasteiger charge is 2.06. The lowest BCUT2D eigenvalue weighted by Gasteiger charge is -2.07. The smallest absolute Gasteiger partial charge is 0.258 e. The maximum Gasteiger partial charge on any atom is 0.258 e. The monoisotopic (exact) mass is 293 g/mol. The van der Waals surface area contributed by atoms with Crippen LogP contribution < -0.4 is 10.1 Å². The van der Waals surface area contributed by atoms with Crippen molar-refractivity contribution >= 4 is 21.8 Å². The number of rotatable bonds is 4. The van der Waals surface area contributed by atoms with Gasteiger partial charge in [0.15, 0.2) is 6.61 Å². The van der Waals surface area contributed by atoms with E-state index in [1.807, 2.05) is 6.07 Å². The molecule has 6 heteroatoms. The Balaban J connectivity index is 2.61. The fourth-order valence-electron chi connectivity index (χ4n) is 1.05. The Morgan fingerprint density at radius 2 is 2.24 bits per heavy atom. The Kier molecular flexibility index (Phi) is 4.99. The average molecular weight is 294 g/mol. The second-order valence-corrected chi connectivity index (χ2v) is 3.89. The van der Waals surface area contributed by atoms with Crippen LogP contribution in [0.25, 0.3) is 0 Å². The first kappa shape index (κ1) is 13.0. The Morgan fingerprint density at radius 1 is 1.47 bits per heavy atom. The number of amides is 1. The maximum absolute atomic E-state index is 11.2. The van der Waals surface area contributed by atoms with Gasteiger partial charge in [0.05, 0.1) is 11.6 Å². The number of nitrogens with zero attached hydrogens (tertiary/aromatic N) is 2. The molecule has 5 nitrogen and oxygen atoms in total. The van der Waals surface area contributed by atoms with Crippen molar-refractivity contribution in [1.82, 2.24) is 5.32 Å². The van der Waals surface area contributed by atoms with Gasteiger partial charge in [-0.1, -0.05) is 15.9 Å². The maximum atomic E-state index is 11.2. The second-order valence-electron chi connectivity index (χ2n) is 2.98. The van der Waals surface area contributed by atoms with Crippen molar-refractivity contribution in [2.75, 3.05) is 13.2 Å². The molecule has 0 aliphatic rings. The van der Waals surface area contributed by atoms with E-state index in [1.165, 1.54) is 0 Å². The predicted molar refractivity (Wildman–Crippen MR) is 63.0 cm³/mol. The molecule has 1 N–H and O–H groups in total. The fourth-order valence-corrected chi connectivity index (χ4v) is 1.41. The van der Waals surface area contributed by atoms with Crippen molar-refractivity contribution in [2.45, 2.75) is 0 Å². The zero-order chi connectivity index (χ0) is 12.7. The highest BCUT2D eigenvalue weighted by Crippen LogP contribution is 2.22. The van der Waals surface area contributed by atoms with Crippen LogP contribution in [0.1, 0.15) is 5.56 Å². The van der Waals surface area contributed by atoms with Gasteiger partial charge >= 0.3 is 0 Å². The van der Waals surface area contributed by atoms with E-state index in [4.69, 9.17) is 15.3 Å². The Hall–Kier alpha value is -2.05. The van der Waals surface area contributed by atoms with Crippen LogP contribution in [-0.2, 0) is 4.79 Å². The number of nitrogens with one attached hydrogen (secondary N) is 1. The summed E-state index contributed by atoms with van der Waals surface area (Å²) < 4.78 is 5.94. The molecule has 1 rings (SSSR count). The third-order valence-corrected chi connectivity index (χ3v) is 2.28. The van der Waals surface area contributed by atoms with Gasteiger partial charge in [-0.3, -0.25) is 4.79 Å². The zero-order valence-corrected chi connectivity index (χ0v) is 10.3. The van der Waals surface area contributed by atoms with Crippen LogP contribution in [0.4, 0.5) is 0 Å². The number of benzene rings is 1. The van der Waals surface area contributed by atoms with E-state index in [2.05, 4.69) is 21.2 Å². The third-order valence-electron chi connectivity index (χ3n) is 1.79. The summed E-state index contributed by atoms with van der Waals surface area (Å²) in [5.41, 5.74) is 0.340. The molecule has 1 aromatic carbocycles. The summed E-state index contributed by atoms with van der Waals surface area (Å²) in [6, 6.07) is 8.65. The first-order chi connectivity index (χ1) is 8.17. The molecule has 0 radical (unpaired) electrons. The van der Waals surface area contributed by atoms with Gasteiger partial charge in [-0.15, -0.1) is 0 Å². The first-order valence-corrected chi connectivity index (χ1v) is 5.42. The van der Waals surface area contributed by atoms with E-state index in [9.17, 15) is 4.79 Å². The molecular formula is C11H8BrN3O2. The van der Waals surface area contributed by atoms with Crippen LogP contribution in [-0.4, -0.2) is 19.1 Å². The van der Waals surface area contributed by atoms with Gasteiger partial charge in [-0.05, 0) is 18.2 Å². The lowest BCUT2D eigenvalue weighted by molar-refractivity contribution is -0.122. The summed E-state index contributed by atoms with van der Waals surface area (Å²) in [4.78, 5) is 11.2. The van der Waals surface area contributed by atoms with E-state index in [1.54, 1.807) is 24.3 Å². The zero-order valence-electron chi connectivity index (χ0n) is 8.74. The van der Waals surface area contributed by atoms with Crippen molar-refractivity contribution < 1.29 is 9.53 Å². The number of halogens is 1. The molecule has 86 valence electrons. The van der Waals surface area contributed by atoms with Gasteiger partial charge in [0, 0.05) is 4.47 Å². The normalized spacial score (nSPS) is 8.88. The predicted octanol–water partition coefficient (Wildman–Crippen LogP) is 1.34. The number of nitriles is 2. The molecule has 0 unspecified atom stereocenters. The summed E-state index contributed by atoms with van der Waals surface area (Å²) in [6.07, 6.45) is 0. The largest absolute Gasteiger partial charge is 0.482 e. The van der Waals surface area contributed by atoms with Crippen molar-refractivity contribution in [3.05, 3.63) is 28.2 Å². The Bertz CT molecular complexity index is 502. The number of ether oxygens (including phenoxy) is 1. The minimum Gasteiger partial charge on any atom is -0.482 e. The molecule has 0 aliphatic heterocycles. The van der Waals surface area contributed by atoms with Gasteiger partial charge in [-0.2, -0.15) is 10.5 Å². The van der Waals surface area contributed by atoms with E-state index in [-0.39, 0.29) is 13.2 Å². The molecule has 0 aliphatic carbocycles.